The van der Waals surface area contributed by atoms with E-state index in [0.717, 1.165) is 4.31 Å². The van der Waals surface area contributed by atoms with Crippen molar-refractivity contribution in [2.75, 3.05) is 6.54 Å². The van der Waals surface area contributed by atoms with Gasteiger partial charge in [0.1, 0.15) is 11.3 Å². The lowest BCUT2D eigenvalue weighted by Crippen LogP contribution is -2.49. The predicted octanol–water partition coefficient (Wildman–Crippen LogP) is -1.06. The minimum atomic E-state index is -3.67. The molecule has 0 bridgehead atoms. The third-order valence-electron chi connectivity index (χ3n) is 2.71. The Bertz CT molecular complexity index is 407. The number of sulfonamides is 1. The highest BCUT2D eigenvalue weighted by Crippen LogP contribution is 2.23. The highest BCUT2D eigenvalue weighted by molar-refractivity contribution is 7.92. The fourth-order valence-electron chi connectivity index (χ4n) is 1.68. The lowest BCUT2D eigenvalue weighted by molar-refractivity contribution is -0.121. The monoisotopic (exact) mass is 265 g/mol. The van der Waals surface area contributed by atoms with Crippen molar-refractivity contribution >= 4 is 33.1 Å². The summed E-state index contributed by atoms with van der Waals surface area (Å²) in [6.45, 7) is 1.71. The number of carbonyl (C=O) groups is 1. The van der Waals surface area contributed by atoms with Gasteiger partial charge in [-0.15, -0.1) is 0 Å². The molecule has 4 N–H and O–H groups in total. The van der Waals surface area contributed by atoms with E-state index in [1.54, 1.807) is 0 Å². The molecule has 1 heterocycles. The van der Waals surface area contributed by atoms with Gasteiger partial charge >= 0.3 is 0 Å². The van der Waals surface area contributed by atoms with E-state index in [9.17, 15) is 13.2 Å². The first-order valence-corrected chi connectivity index (χ1v) is 6.79. The summed E-state index contributed by atoms with van der Waals surface area (Å²) in [6.07, 6.45) is 1.08. The summed E-state index contributed by atoms with van der Waals surface area (Å²) in [5, 5.41) is -0.970. The van der Waals surface area contributed by atoms with Crippen LogP contribution in [0.3, 0.4) is 0 Å². The Morgan fingerprint density at radius 3 is 2.50 bits per heavy atom. The molecule has 0 aliphatic carbocycles. The van der Waals surface area contributed by atoms with E-state index in [2.05, 4.69) is 12.2 Å². The van der Waals surface area contributed by atoms with Gasteiger partial charge in [-0.05, 0) is 19.8 Å². The Kier molecular flexibility index (Phi) is 3.87. The van der Waals surface area contributed by atoms with Crippen molar-refractivity contribution in [1.29, 1.82) is 0 Å². The average Bonchev–Trinajstić information content (AvgIpc) is 2.65. The minimum Gasteiger partial charge on any atom is -0.392 e. The number of amides is 1. The fourth-order valence-corrected chi connectivity index (χ4v) is 3.69. The number of hydrogen-bond donors (Lipinski definition) is 2. The predicted molar refractivity (Wildman–Crippen MR) is 64.1 cm³/mol. The van der Waals surface area contributed by atoms with Crippen LogP contribution in [0.15, 0.2) is 0 Å². The summed E-state index contributed by atoms with van der Waals surface area (Å²) in [5.74, 6) is -0.629. The van der Waals surface area contributed by atoms with Gasteiger partial charge < -0.3 is 11.5 Å². The molecule has 0 radical (unpaired) electrons. The van der Waals surface area contributed by atoms with Crippen molar-refractivity contribution in [2.45, 2.75) is 31.1 Å². The number of nitrogens with two attached hydrogens (primary N) is 2. The van der Waals surface area contributed by atoms with Gasteiger partial charge in [-0.1, -0.05) is 12.2 Å². The third-order valence-corrected chi connectivity index (χ3v) is 5.45. The number of rotatable bonds is 4. The molecule has 1 aliphatic heterocycles. The number of thiocarbonyl (C=S) groups is 1. The van der Waals surface area contributed by atoms with Crippen LogP contribution >= 0.6 is 12.2 Å². The molecule has 1 amide bonds. The van der Waals surface area contributed by atoms with E-state index in [-0.39, 0.29) is 4.99 Å². The Morgan fingerprint density at radius 2 is 2.06 bits per heavy atom. The molecule has 0 aromatic rings. The van der Waals surface area contributed by atoms with Gasteiger partial charge in [0.15, 0.2) is 0 Å². The van der Waals surface area contributed by atoms with Gasteiger partial charge in [0, 0.05) is 6.54 Å². The van der Waals surface area contributed by atoms with Crippen LogP contribution in [0.1, 0.15) is 19.8 Å². The zero-order valence-corrected chi connectivity index (χ0v) is 10.6. The van der Waals surface area contributed by atoms with Gasteiger partial charge in [0.05, 0.1) is 4.99 Å². The Hall–Kier alpha value is -0.730. The second-order valence-corrected chi connectivity index (χ2v) is 6.44. The summed E-state index contributed by atoms with van der Waals surface area (Å²) in [7, 11) is -3.67. The Morgan fingerprint density at radius 1 is 1.50 bits per heavy atom. The molecule has 92 valence electrons. The minimum absolute atomic E-state index is 0.102. The molecule has 0 spiro atoms. The molecule has 6 nitrogen and oxygen atoms in total. The maximum absolute atomic E-state index is 12.0. The van der Waals surface area contributed by atoms with Crippen LogP contribution in [0.4, 0.5) is 0 Å². The van der Waals surface area contributed by atoms with Crippen molar-refractivity contribution < 1.29 is 13.2 Å². The fraction of sp³-hybridized carbons (Fsp3) is 0.750. The van der Waals surface area contributed by atoms with Gasteiger partial charge in [-0.2, -0.15) is 4.31 Å². The zero-order chi connectivity index (χ0) is 12.5. The van der Waals surface area contributed by atoms with Crippen molar-refractivity contribution in [3.05, 3.63) is 0 Å². The summed E-state index contributed by atoms with van der Waals surface area (Å²) in [4.78, 5) is 11.0. The lowest BCUT2D eigenvalue weighted by Gasteiger charge is -2.24. The molecule has 1 rings (SSSR count). The molecule has 0 aromatic carbocycles. The van der Waals surface area contributed by atoms with Crippen LogP contribution < -0.4 is 11.5 Å². The maximum atomic E-state index is 12.0. The van der Waals surface area contributed by atoms with E-state index in [1.165, 1.54) is 6.92 Å². The van der Waals surface area contributed by atoms with E-state index in [1.807, 2.05) is 0 Å². The highest BCUT2D eigenvalue weighted by Gasteiger charge is 2.40. The average molecular weight is 265 g/mol. The maximum Gasteiger partial charge on any atom is 0.235 e. The molecular weight excluding hydrogens is 250 g/mol. The summed E-state index contributed by atoms with van der Waals surface area (Å²) >= 11 is 4.66. The first-order valence-electron chi connectivity index (χ1n) is 4.87. The van der Waals surface area contributed by atoms with Crippen LogP contribution in [0.25, 0.3) is 0 Å². The topological polar surface area (TPSA) is 106 Å². The number of hydrogen-bond acceptors (Lipinski definition) is 4. The summed E-state index contributed by atoms with van der Waals surface area (Å²) < 4.78 is 25.2. The van der Waals surface area contributed by atoms with Crippen molar-refractivity contribution in [1.82, 2.24) is 4.31 Å². The molecule has 8 heteroatoms. The van der Waals surface area contributed by atoms with Gasteiger partial charge in [0.2, 0.25) is 15.9 Å². The van der Waals surface area contributed by atoms with Crippen LogP contribution in [0, 0.1) is 0 Å². The van der Waals surface area contributed by atoms with Gasteiger partial charge in [-0.25, -0.2) is 8.42 Å². The Labute approximate surface area is 100 Å². The molecule has 1 fully saturated rings. The normalized spacial score (nSPS) is 24.2. The number of carbonyl (C=O) groups excluding carboxylic acids is 1. The van der Waals surface area contributed by atoms with Crippen LogP contribution in [0.2, 0.25) is 0 Å². The first kappa shape index (κ1) is 13.3. The molecule has 1 saturated heterocycles. The van der Waals surface area contributed by atoms with Gasteiger partial charge in [-0.3, -0.25) is 4.79 Å². The van der Waals surface area contributed by atoms with Crippen molar-refractivity contribution in [2.24, 2.45) is 11.5 Å². The molecular formula is C8H15N3O3S2. The zero-order valence-electron chi connectivity index (χ0n) is 8.92. The largest absolute Gasteiger partial charge is 0.392 e. The molecule has 0 saturated carbocycles. The van der Waals surface area contributed by atoms with Crippen LogP contribution in [-0.2, 0) is 14.8 Å². The standard InChI is InChI=1S/C8H15N3O3S2/c1-5(8(10)15)16(13,14)11-4-2-3-6(11)7(9)12/h5-6H,2-4H2,1H3,(H2,9,12)(H2,10,15). The van der Waals surface area contributed by atoms with E-state index in [4.69, 9.17) is 11.5 Å². The van der Waals surface area contributed by atoms with Crippen LogP contribution in [-0.4, -0.2) is 41.5 Å². The lowest BCUT2D eigenvalue weighted by atomic mass is 10.2. The summed E-state index contributed by atoms with van der Waals surface area (Å²) in [5.41, 5.74) is 10.5. The first-order chi connectivity index (χ1) is 7.28. The Balaban J connectivity index is 3.00. The molecule has 1 aliphatic rings. The highest BCUT2D eigenvalue weighted by atomic mass is 32.2. The summed E-state index contributed by atoms with van der Waals surface area (Å²) in [6, 6.07) is -0.762. The molecule has 16 heavy (non-hydrogen) atoms. The molecule has 2 unspecified atom stereocenters. The van der Waals surface area contributed by atoms with E-state index in [0.29, 0.717) is 19.4 Å². The third kappa shape index (κ3) is 2.33. The number of nitrogens with zero attached hydrogens (tertiary/aromatic N) is 1. The quantitative estimate of drug-likeness (QED) is 0.630. The van der Waals surface area contributed by atoms with E-state index >= 15 is 0 Å². The van der Waals surface area contributed by atoms with E-state index < -0.39 is 27.2 Å². The second-order valence-electron chi connectivity index (χ2n) is 3.76. The molecule has 2 atom stereocenters. The molecule has 0 aromatic heterocycles. The van der Waals surface area contributed by atoms with Gasteiger partial charge in [0.25, 0.3) is 0 Å². The smallest absolute Gasteiger partial charge is 0.235 e. The van der Waals surface area contributed by atoms with Crippen LogP contribution in [0.5, 0.6) is 0 Å². The second kappa shape index (κ2) is 4.64. The van der Waals surface area contributed by atoms with Crippen molar-refractivity contribution in [3.8, 4) is 0 Å². The SMILES string of the molecule is CC(C(N)=S)S(=O)(=O)N1CCCC1C(N)=O. The van der Waals surface area contributed by atoms with Crippen molar-refractivity contribution in [3.63, 3.8) is 0 Å². The number of primary amides is 1.